The normalized spacial score (nSPS) is 10.7. The van der Waals surface area contributed by atoms with Gasteiger partial charge in [0.05, 0.1) is 7.11 Å². The monoisotopic (exact) mass is 360 g/mol. The summed E-state index contributed by atoms with van der Waals surface area (Å²) < 4.78 is 11.3. The number of rotatable bonds is 3. The van der Waals surface area contributed by atoms with E-state index in [0.29, 0.717) is 27.6 Å². The van der Waals surface area contributed by atoms with E-state index < -0.39 is 0 Å². The van der Waals surface area contributed by atoms with Crippen molar-refractivity contribution in [3.05, 3.63) is 71.2 Å². The summed E-state index contributed by atoms with van der Waals surface area (Å²) >= 11 is 5.99. The first-order chi connectivity index (χ1) is 12.7. The maximum absolute atomic E-state index is 9.60. The first kappa shape index (κ1) is 16.2. The minimum atomic E-state index is 0.260. The molecule has 2 aromatic heterocycles. The largest absolute Gasteiger partial charge is 0.480 e. The fraction of sp³-hybridized carbons (Fsp3) is 0.0476. The van der Waals surface area contributed by atoms with Crippen LogP contribution in [0.4, 0.5) is 0 Å². The Hall–Kier alpha value is -3.29. The molecule has 4 rings (SSSR count). The molecule has 126 valence electrons. The van der Waals surface area contributed by atoms with Crippen molar-refractivity contribution in [2.45, 2.75) is 0 Å². The second-order valence-electron chi connectivity index (χ2n) is 5.71. The number of benzene rings is 2. The molecule has 0 bridgehead atoms. The van der Waals surface area contributed by atoms with E-state index in [2.05, 4.69) is 11.1 Å². The summed E-state index contributed by atoms with van der Waals surface area (Å²) in [6, 6.07) is 21.0. The Morgan fingerprint density at radius 1 is 1.08 bits per heavy atom. The molecule has 5 heteroatoms. The zero-order valence-corrected chi connectivity index (χ0v) is 14.6. The molecule has 0 fully saturated rings. The molecule has 0 radical (unpaired) electrons. The third kappa shape index (κ3) is 2.79. The second-order valence-corrected chi connectivity index (χ2v) is 6.14. The number of methoxy groups -OCH3 is 1. The Morgan fingerprint density at radius 3 is 2.54 bits per heavy atom. The Morgan fingerprint density at radius 2 is 1.85 bits per heavy atom. The van der Waals surface area contributed by atoms with Gasteiger partial charge in [0.1, 0.15) is 22.9 Å². The molecule has 0 aliphatic rings. The van der Waals surface area contributed by atoms with Gasteiger partial charge < -0.3 is 9.15 Å². The Labute approximate surface area is 155 Å². The first-order valence-corrected chi connectivity index (χ1v) is 8.31. The van der Waals surface area contributed by atoms with Gasteiger partial charge in [-0.15, -0.1) is 0 Å². The predicted octanol–water partition coefficient (Wildman–Crippen LogP) is 5.70. The van der Waals surface area contributed by atoms with Gasteiger partial charge in [0.15, 0.2) is 5.76 Å². The summed E-state index contributed by atoms with van der Waals surface area (Å²) in [4.78, 5) is 4.47. The predicted molar refractivity (Wildman–Crippen MR) is 101 cm³/mol. The Bertz CT molecular complexity index is 1110. The molecule has 2 aromatic carbocycles. The second kappa shape index (κ2) is 6.55. The number of hydrogen-bond acceptors (Lipinski definition) is 4. The molecule has 0 aliphatic carbocycles. The van der Waals surface area contributed by atoms with Crippen LogP contribution in [0, 0.1) is 11.3 Å². The highest BCUT2D eigenvalue weighted by molar-refractivity contribution is 6.30. The standard InChI is InChI=1S/C21H13ClN2O2/c1-25-21-17(12-23)16(13-6-8-15(22)9-7-13)11-18(24-21)20-10-14-4-2-3-5-19(14)26-20/h2-11H,1H3. The highest BCUT2D eigenvalue weighted by atomic mass is 35.5. The molecule has 0 spiro atoms. The van der Waals surface area contributed by atoms with Gasteiger partial charge in [-0.3, -0.25) is 0 Å². The van der Waals surface area contributed by atoms with Gasteiger partial charge in [-0.2, -0.15) is 5.26 Å². The molecule has 0 saturated heterocycles. The van der Waals surface area contributed by atoms with Gasteiger partial charge >= 0.3 is 0 Å². The van der Waals surface area contributed by atoms with Crippen LogP contribution in [0.25, 0.3) is 33.6 Å². The average molecular weight is 361 g/mol. The van der Waals surface area contributed by atoms with Crippen LogP contribution in [0.15, 0.2) is 65.1 Å². The molecule has 26 heavy (non-hydrogen) atoms. The SMILES string of the molecule is COc1nc(-c2cc3ccccc3o2)cc(-c2ccc(Cl)cc2)c1C#N. The lowest BCUT2D eigenvalue weighted by Gasteiger charge is -2.10. The average Bonchev–Trinajstić information content (AvgIpc) is 3.11. The first-order valence-electron chi connectivity index (χ1n) is 7.93. The number of para-hydroxylation sites is 1. The molecule has 4 aromatic rings. The maximum atomic E-state index is 9.60. The van der Waals surface area contributed by atoms with Crippen LogP contribution in [0.2, 0.25) is 5.02 Å². The van der Waals surface area contributed by atoms with E-state index in [1.54, 1.807) is 12.1 Å². The maximum Gasteiger partial charge on any atom is 0.232 e. The van der Waals surface area contributed by atoms with E-state index >= 15 is 0 Å². The van der Waals surface area contributed by atoms with Crippen molar-refractivity contribution in [3.8, 4) is 34.5 Å². The lowest BCUT2D eigenvalue weighted by Crippen LogP contribution is -1.97. The van der Waals surface area contributed by atoms with Gasteiger partial charge in [0.2, 0.25) is 5.88 Å². The number of nitriles is 1. The number of aromatic nitrogens is 1. The molecular weight excluding hydrogens is 348 g/mol. The zero-order chi connectivity index (χ0) is 18.1. The molecule has 4 nitrogen and oxygen atoms in total. The van der Waals surface area contributed by atoms with Crippen LogP contribution in [0.1, 0.15) is 5.56 Å². The number of hydrogen-bond donors (Lipinski definition) is 0. The smallest absolute Gasteiger partial charge is 0.232 e. The van der Waals surface area contributed by atoms with Crippen molar-refractivity contribution in [1.29, 1.82) is 5.26 Å². The third-order valence-electron chi connectivity index (χ3n) is 4.12. The molecule has 0 amide bonds. The highest BCUT2D eigenvalue weighted by Crippen LogP contribution is 2.35. The number of ether oxygens (including phenoxy) is 1. The summed E-state index contributed by atoms with van der Waals surface area (Å²) in [5.41, 5.74) is 3.31. The summed E-state index contributed by atoms with van der Waals surface area (Å²) in [7, 11) is 1.50. The van der Waals surface area contributed by atoms with E-state index in [9.17, 15) is 5.26 Å². The van der Waals surface area contributed by atoms with E-state index in [1.807, 2.05) is 48.5 Å². The molecule has 0 aliphatic heterocycles. The number of furan rings is 1. The Kier molecular flexibility index (Phi) is 4.08. The van der Waals surface area contributed by atoms with Gasteiger partial charge in [-0.25, -0.2) is 4.98 Å². The topological polar surface area (TPSA) is 59.1 Å². The van der Waals surface area contributed by atoms with Crippen molar-refractivity contribution >= 4 is 22.6 Å². The highest BCUT2D eigenvalue weighted by Gasteiger charge is 2.17. The summed E-state index contributed by atoms with van der Waals surface area (Å²) in [6.45, 7) is 0. The van der Waals surface area contributed by atoms with Crippen LogP contribution in [-0.2, 0) is 0 Å². The van der Waals surface area contributed by atoms with Crippen LogP contribution in [0.3, 0.4) is 0 Å². The molecule has 0 saturated carbocycles. The fourth-order valence-electron chi connectivity index (χ4n) is 2.87. The number of pyridine rings is 1. The number of fused-ring (bicyclic) bond motifs is 1. The number of halogens is 1. The van der Waals surface area contributed by atoms with Crippen LogP contribution in [0.5, 0.6) is 5.88 Å². The lowest BCUT2D eigenvalue weighted by molar-refractivity contribution is 0.397. The zero-order valence-electron chi connectivity index (χ0n) is 13.9. The van der Waals surface area contributed by atoms with E-state index in [0.717, 1.165) is 16.5 Å². The number of nitrogens with zero attached hydrogens (tertiary/aromatic N) is 2. The third-order valence-corrected chi connectivity index (χ3v) is 4.38. The summed E-state index contributed by atoms with van der Waals surface area (Å²) in [5.74, 6) is 0.875. The molecular formula is C21H13ClN2O2. The molecule has 2 heterocycles. The Balaban J connectivity index is 1.94. The molecule has 0 unspecified atom stereocenters. The van der Waals surface area contributed by atoms with Crippen molar-refractivity contribution in [2.24, 2.45) is 0 Å². The van der Waals surface area contributed by atoms with Crippen LogP contribution in [-0.4, -0.2) is 12.1 Å². The quantitative estimate of drug-likeness (QED) is 0.470. The fourth-order valence-corrected chi connectivity index (χ4v) is 2.99. The minimum Gasteiger partial charge on any atom is -0.480 e. The van der Waals surface area contributed by atoms with Crippen LogP contribution >= 0.6 is 11.6 Å². The summed E-state index contributed by atoms with van der Waals surface area (Å²) in [5, 5.41) is 11.2. The van der Waals surface area contributed by atoms with Gasteiger partial charge in [0.25, 0.3) is 0 Å². The van der Waals surface area contributed by atoms with E-state index in [4.69, 9.17) is 20.8 Å². The van der Waals surface area contributed by atoms with E-state index in [-0.39, 0.29) is 5.88 Å². The summed E-state index contributed by atoms with van der Waals surface area (Å²) in [6.07, 6.45) is 0. The van der Waals surface area contributed by atoms with Crippen LogP contribution < -0.4 is 4.74 Å². The lowest BCUT2D eigenvalue weighted by atomic mass is 10.00. The van der Waals surface area contributed by atoms with Crippen molar-refractivity contribution < 1.29 is 9.15 Å². The molecule has 0 atom stereocenters. The molecule has 0 N–H and O–H groups in total. The van der Waals surface area contributed by atoms with Crippen molar-refractivity contribution in [1.82, 2.24) is 4.98 Å². The van der Waals surface area contributed by atoms with E-state index in [1.165, 1.54) is 7.11 Å². The van der Waals surface area contributed by atoms with Gasteiger partial charge in [-0.05, 0) is 35.9 Å². The minimum absolute atomic E-state index is 0.260. The van der Waals surface area contributed by atoms with Crippen molar-refractivity contribution in [2.75, 3.05) is 7.11 Å². The van der Waals surface area contributed by atoms with Crippen molar-refractivity contribution in [3.63, 3.8) is 0 Å². The van der Waals surface area contributed by atoms with Gasteiger partial charge in [-0.1, -0.05) is 41.9 Å². The van der Waals surface area contributed by atoms with Gasteiger partial charge in [0, 0.05) is 16.0 Å².